The summed E-state index contributed by atoms with van der Waals surface area (Å²) in [5.41, 5.74) is 1.92. The Kier molecular flexibility index (Phi) is 4.00. The van der Waals surface area contributed by atoms with Crippen LogP contribution in [-0.4, -0.2) is 29.6 Å². The van der Waals surface area contributed by atoms with Crippen molar-refractivity contribution < 1.29 is 19.4 Å². The number of aldehydes is 1. The lowest BCUT2D eigenvalue weighted by molar-refractivity contribution is -0.137. The number of rotatable bonds is 1. The van der Waals surface area contributed by atoms with Crippen LogP contribution >= 0.6 is 0 Å². The van der Waals surface area contributed by atoms with Crippen LogP contribution in [-0.2, 0) is 14.3 Å². The summed E-state index contributed by atoms with van der Waals surface area (Å²) in [7, 11) is 0. The molecule has 4 heteroatoms. The van der Waals surface area contributed by atoms with Crippen LogP contribution in [0.5, 0.6) is 0 Å². The minimum Gasteiger partial charge on any atom is -0.454 e. The average molecular weight is 262 g/mol. The van der Waals surface area contributed by atoms with Crippen molar-refractivity contribution in [3.63, 3.8) is 0 Å². The highest BCUT2D eigenvalue weighted by molar-refractivity contribution is 5.91. The van der Waals surface area contributed by atoms with Gasteiger partial charge in [-0.25, -0.2) is 4.79 Å². The molecule has 3 atom stereocenters. The van der Waals surface area contributed by atoms with Gasteiger partial charge in [-0.2, -0.15) is 0 Å². The van der Waals surface area contributed by atoms with Crippen molar-refractivity contribution in [1.82, 2.24) is 0 Å². The number of carbonyl (C=O) groups excluding carboxylic acids is 2. The fourth-order valence-electron chi connectivity index (χ4n) is 2.61. The quantitative estimate of drug-likeness (QED) is 0.338. The standard InChI is InChI=1S/C15H18O4/c1-9-4-3-5-11(8-16)7-13-14(12(17)6-9)10(2)15(18)19-13/h4,7-8,12-14,17H,2-3,5-6H2,1H3/b9-4+,11-7+/t12-,13+,14+/m0/s1. The van der Waals surface area contributed by atoms with Crippen LogP contribution in [0.25, 0.3) is 0 Å². The molecule has 1 fully saturated rings. The van der Waals surface area contributed by atoms with Crippen molar-refractivity contribution in [2.75, 3.05) is 0 Å². The number of esters is 1. The van der Waals surface area contributed by atoms with Crippen LogP contribution in [0.15, 0.2) is 35.5 Å². The molecule has 0 spiro atoms. The summed E-state index contributed by atoms with van der Waals surface area (Å²) in [4.78, 5) is 22.6. The molecule has 4 nitrogen and oxygen atoms in total. The summed E-state index contributed by atoms with van der Waals surface area (Å²) in [5, 5.41) is 10.3. The molecule has 0 saturated carbocycles. The molecule has 19 heavy (non-hydrogen) atoms. The smallest absolute Gasteiger partial charge is 0.334 e. The van der Waals surface area contributed by atoms with Gasteiger partial charge in [-0.3, -0.25) is 4.79 Å². The summed E-state index contributed by atoms with van der Waals surface area (Å²) in [6.45, 7) is 5.64. The van der Waals surface area contributed by atoms with Crippen molar-refractivity contribution in [3.8, 4) is 0 Å². The topological polar surface area (TPSA) is 63.6 Å². The molecule has 2 rings (SSSR count). The third-order valence-electron chi connectivity index (χ3n) is 3.66. The van der Waals surface area contributed by atoms with Gasteiger partial charge < -0.3 is 9.84 Å². The lowest BCUT2D eigenvalue weighted by Gasteiger charge is -2.22. The summed E-state index contributed by atoms with van der Waals surface area (Å²) in [5.74, 6) is -0.958. The largest absolute Gasteiger partial charge is 0.454 e. The van der Waals surface area contributed by atoms with E-state index in [1.165, 1.54) is 0 Å². The second-order valence-corrected chi connectivity index (χ2v) is 5.14. The molecular formula is C15H18O4. The molecule has 0 aromatic carbocycles. The zero-order chi connectivity index (χ0) is 14.0. The molecule has 0 amide bonds. The Morgan fingerprint density at radius 2 is 2.26 bits per heavy atom. The van der Waals surface area contributed by atoms with Crippen LogP contribution in [0, 0.1) is 5.92 Å². The molecule has 0 radical (unpaired) electrons. The summed E-state index contributed by atoms with van der Waals surface area (Å²) in [6.07, 6.45) is 4.99. The Labute approximate surface area is 112 Å². The Bertz CT molecular complexity index is 473. The first-order chi connectivity index (χ1) is 9.02. The third kappa shape index (κ3) is 2.84. The molecule has 1 saturated heterocycles. The van der Waals surface area contributed by atoms with Crippen molar-refractivity contribution in [2.24, 2.45) is 5.92 Å². The first-order valence-electron chi connectivity index (χ1n) is 6.42. The minimum atomic E-state index is -0.720. The number of ether oxygens (including phenoxy) is 1. The zero-order valence-corrected chi connectivity index (χ0v) is 11.0. The number of carbonyl (C=O) groups is 2. The van der Waals surface area contributed by atoms with E-state index < -0.39 is 24.1 Å². The van der Waals surface area contributed by atoms with Gasteiger partial charge in [-0.05, 0) is 37.8 Å². The van der Waals surface area contributed by atoms with E-state index >= 15 is 0 Å². The molecule has 0 unspecified atom stereocenters. The highest BCUT2D eigenvalue weighted by atomic mass is 16.6. The first-order valence-corrected chi connectivity index (χ1v) is 6.42. The molecule has 2 aliphatic rings. The van der Waals surface area contributed by atoms with Gasteiger partial charge in [0, 0.05) is 5.57 Å². The average Bonchev–Trinajstić information content (AvgIpc) is 2.63. The van der Waals surface area contributed by atoms with E-state index in [0.29, 0.717) is 18.4 Å². The fourth-order valence-corrected chi connectivity index (χ4v) is 2.61. The number of allylic oxidation sites excluding steroid dienone is 2. The summed E-state index contributed by atoms with van der Waals surface area (Å²) in [6, 6.07) is 0. The van der Waals surface area contributed by atoms with E-state index in [-0.39, 0.29) is 5.57 Å². The Balaban J connectivity index is 2.37. The lowest BCUT2D eigenvalue weighted by atomic mass is 9.85. The van der Waals surface area contributed by atoms with Gasteiger partial charge in [0.15, 0.2) is 0 Å². The Morgan fingerprint density at radius 1 is 1.53 bits per heavy atom. The van der Waals surface area contributed by atoms with Gasteiger partial charge in [0.05, 0.1) is 12.0 Å². The van der Waals surface area contributed by atoms with Crippen LogP contribution < -0.4 is 0 Å². The van der Waals surface area contributed by atoms with E-state index in [2.05, 4.69) is 6.58 Å². The normalized spacial score (nSPS) is 37.5. The van der Waals surface area contributed by atoms with E-state index in [1.54, 1.807) is 6.08 Å². The number of aliphatic hydroxyl groups excluding tert-OH is 1. The third-order valence-corrected chi connectivity index (χ3v) is 3.66. The summed E-state index contributed by atoms with van der Waals surface area (Å²) >= 11 is 0. The number of fused-ring (bicyclic) bond motifs is 1. The SMILES string of the molecule is C=C1C(=O)O[C@@H]2/C=C(/C=O)CC/C=C(\C)C[C@H](O)[C@@H]12. The number of aliphatic hydroxyl groups is 1. The number of hydrogen-bond donors (Lipinski definition) is 1. The predicted octanol–water partition coefficient (Wildman–Crippen LogP) is 1.70. The van der Waals surface area contributed by atoms with Crippen LogP contribution in [0.4, 0.5) is 0 Å². The molecule has 0 aromatic heterocycles. The fraction of sp³-hybridized carbons (Fsp3) is 0.467. The Morgan fingerprint density at radius 3 is 2.95 bits per heavy atom. The maximum Gasteiger partial charge on any atom is 0.334 e. The molecule has 0 bridgehead atoms. The maximum atomic E-state index is 11.6. The van der Waals surface area contributed by atoms with E-state index in [1.807, 2.05) is 13.0 Å². The van der Waals surface area contributed by atoms with Crippen molar-refractivity contribution >= 4 is 12.3 Å². The minimum absolute atomic E-state index is 0.285. The zero-order valence-electron chi connectivity index (χ0n) is 11.0. The highest BCUT2D eigenvalue weighted by Crippen LogP contribution is 2.34. The van der Waals surface area contributed by atoms with Gasteiger partial charge in [0.2, 0.25) is 0 Å². The predicted molar refractivity (Wildman–Crippen MR) is 70.3 cm³/mol. The number of hydrogen-bond acceptors (Lipinski definition) is 4. The molecule has 1 aliphatic heterocycles. The van der Waals surface area contributed by atoms with Crippen LogP contribution in [0.3, 0.4) is 0 Å². The van der Waals surface area contributed by atoms with Gasteiger partial charge in [0.25, 0.3) is 0 Å². The van der Waals surface area contributed by atoms with Crippen molar-refractivity contribution in [2.45, 2.75) is 38.4 Å². The molecule has 1 heterocycles. The summed E-state index contributed by atoms with van der Waals surface area (Å²) < 4.78 is 5.19. The molecule has 1 N–H and O–H groups in total. The first kappa shape index (κ1) is 13.7. The van der Waals surface area contributed by atoms with Crippen molar-refractivity contribution in [3.05, 3.63) is 35.5 Å². The van der Waals surface area contributed by atoms with Gasteiger partial charge in [-0.15, -0.1) is 0 Å². The van der Waals surface area contributed by atoms with Gasteiger partial charge in [0.1, 0.15) is 12.4 Å². The van der Waals surface area contributed by atoms with Crippen LogP contribution in [0.1, 0.15) is 26.2 Å². The second-order valence-electron chi connectivity index (χ2n) is 5.14. The Hall–Kier alpha value is -1.68. The lowest BCUT2D eigenvalue weighted by Crippen LogP contribution is -2.29. The molecule has 102 valence electrons. The van der Waals surface area contributed by atoms with Gasteiger partial charge in [-0.1, -0.05) is 18.2 Å². The monoisotopic (exact) mass is 262 g/mol. The van der Waals surface area contributed by atoms with E-state index in [4.69, 9.17) is 4.74 Å². The molecular weight excluding hydrogens is 244 g/mol. The van der Waals surface area contributed by atoms with Crippen molar-refractivity contribution in [1.29, 1.82) is 0 Å². The molecule has 1 aliphatic carbocycles. The second kappa shape index (κ2) is 5.53. The molecule has 0 aromatic rings. The van der Waals surface area contributed by atoms with E-state index in [9.17, 15) is 14.7 Å². The van der Waals surface area contributed by atoms with Crippen LogP contribution in [0.2, 0.25) is 0 Å². The maximum absolute atomic E-state index is 11.6. The highest BCUT2D eigenvalue weighted by Gasteiger charge is 2.42. The van der Waals surface area contributed by atoms with E-state index in [0.717, 1.165) is 18.3 Å². The van der Waals surface area contributed by atoms with Gasteiger partial charge >= 0.3 is 5.97 Å².